The van der Waals surface area contributed by atoms with Crippen molar-refractivity contribution < 1.29 is 0 Å². The maximum absolute atomic E-state index is 3.39. The van der Waals surface area contributed by atoms with E-state index in [1.54, 1.807) is 0 Å². The van der Waals surface area contributed by atoms with E-state index in [1.807, 2.05) is 4.99 Å². The van der Waals surface area contributed by atoms with Crippen LogP contribution < -0.4 is 15.9 Å². The van der Waals surface area contributed by atoms with Gasteiger partial charge in [-0.15, -0.1) is 0 Å². The molecule has 0 N–H and O–H groups in total. The van der Waals surface area contributed by atoms with E-state index < -0.39 is 7.26 Å². The van der Waals surface area contributed by atoms with Gasteiger partial charge < -0.3 is 0 Å². The van der Waals surface area contributed by atoms with Gasteiger partial charge in [-0.05, 0) is 54.2 Å². The summed E-state index contributed by atoms with van der Waals surface area (Å²) in [6, 6.07) is 33.3. The minimum absolute atomic E-state index is 1.10. The van der Waals surface area contributed by atoms with Gasteiger partial charge in [0, 0.05) is 0 Å². The molecule has 3 aromatic carbocycles. The number of hydrogen-bond acceptors (Lipinski definition) is 0. The van der Waals surface area contributed by atoms with Gasteiger partial charge in [-0.25, -0.2) is 0 Å². The fraction of sp³-hybridized carbons (Fsp3) is 0.130. The quantitative estimate of drug-likeness (QED) is 0.348. The summed E-state index contributed by atoms with van der Waals surface area (Å²) in [5, 5.41) is 4.40. The third-order valence-corrected chi connectivity index (χ3v) is 9.44. The van der Waals surface area contributed by atoms with Crippen LogP contribution in [0.25, 0.3) is 0 Å². The lowest BCUT2D eigenvalue weighted by Gasteiger charge is -2.27. The third-order valence-electron chi connectivity index (χ3n) is 4.54. The molecule has 0 amide bonds. The van der Waals surface area contributed by atoms with Gasteiger partial charge in [0.05, 0.1) is 6.16 Å². The van der Waals surface area contributed by atoms with Crippen LogP contribution in [0.4, 0.5) is 0 Å². The highest BCUT2D eigenvalue weighted by Crippen LogP contribution is 2.55. The van der Waals surface area contributed by atoms with E-state index in [9.17, 15) is 0 Å². The Balaban J connectivity index is 2.16. The van der Waals surface area contributed by atoms with E-state index in [0.717, 1.165) is 6.42 Å². The second-order valence-corrected chi connectivity index (χ2v) is 10.2. The van der Waals surface area contributed by atoms with Crippen LogP contribution in [-0.2, 0) is 0 Å². The largest absolute Gasteiger partial charge is 0.112 e. The van der Waals surface area contributed by atoms with Crippen LogP contribution in [0.2, 0.25) is 0 Å². The number of benzene rings is 3. The van der Waals surface area contributed by atoms with E-state index in [-0.39, 0.29) is 0 Å². The fourth-order valence-corrected chi connectivity index (χ4v) is 8.02. The monoisotopic (exact) mass is 409 g/mol. The van der Waals surface area contributed by atoms with Crippen molar-refractivity contribution in [1.82, 2.24) is 0 Å². The second-order valence-electron chi connectivity index (χ2n) is 6.04. The molecule has 0 atom stereocenters. The van der Waals surface area contributed by atoms with E-state index in [1.165, 1.54) is 28.5 Å². The lowest BCUT2D eigenvalue weighted by molar-refractivity contribution is 0.967. The summed E-state index contributed by atoms with van der Waals surface area (Å²) in [6.45, 7) is 0. The van der Waals surface area contributed by atoms with Crippen molar-refractivity contribution in [2.24, 2.45) is 0 Å². The summed E-state index contributed by atoms with van der Waals surface area (Å²) in [4.78, 5) is 1.97. The summed E-state index contributed by atoms with van der Waals surface area (Å²) in [7, 11) is -1.64. The number of halogens is 1. The van der Waals surface area contributed by atoms with Crippen molar-refractivity contribution in [3.63, 3.8) is 0 Å². The van der Waals surface area contributed by atoms with Gasteiger partial charge in [0.15, 0.2) is 0 Å². The molecule has 0 bridgehead atoms. The first-order valence-corrected chi connectivity index (χ1v) is 11.6. The molecule has 3 rings (SSSR count). The van der Waals surface area contributed by atoms with Crippen LogP contribution >= 0.6 is 23.2 Å². The van der Waals surface area contributed by atoms with Gasteiger partial charge >= 0.3 is 0 Å². The molecular weight excluding hydrogens is 387 g/mol. The predicted molar refractivity (Wildman–Crippen MR) is 117 cm³/mol. The van der Waals surface area contributed by atoms with Crippen LogP contribution in [0.1, 0.15) is 12.8 Å². The Labute approximate surface area is 160 Å². The third kappa shape index (κ3) is 4.11. The van der Waals surface area contributed by atoms with E-state index >= 15 is 0 Å². The van der Waals surface area contributed by atoms with E-state index in [4.69, 9.17) is 0 Å². The molecule has 0 aliphatic carbocycles. The maximum Gasteiger partial charge on any atom is 0.112 e. The van der Waals surface area contributed by atoms with Crippen molar-refractivity contribution in [3.8, 4) is 0 Å². The first-order valence-electron chi connectivity index (χ1n) is 8.68. The van der Waals surface area contributed by atoms with Gasteiger partial charge in [0.25, 0.3) is 0 Å². The Morgan fingerprint density at radius 1 is 0.640 bits per heavy atom. The van der Waals surface area contributed by atoms with Crippen molar-refractivity contribution in [3.05, 3.63) is 102 Å². The summed E-state index contributed by atoms with van der Waals surface area (Å²) >= 11 is 3.39. The molecule has 0 unspecified atom stereocenters. The average Bonchev–Trinajstić information content (AvgIpc) is 2.70. The molecule has 25 heavy (non-hydrogen) atoms. The average molecular weight is 410 g/mol. The van der Waals surface area contributed by atoms with Crippen LogP contribution in [0, 0.1) is 0 Å². The molecule has 0 heterocycles. The zero-order valence-corrected chi connectivity index (χ0v) is 16.7. The van der Waals surface area contributed by atoms with Gasteiger partial charge in [-0.2, -0.15) is 0 Å². The fourth-order valence-electron chi connectivity index (χ4n) is 3.39. The molecule has 0 nitrogen and oxygen atoms in total. The number of allylic oxidation sites excluding steroid dienone is 1. The Morgan fingerprint density at radius 2 is 1.04 bits per heavy atom. The van der Waals surface area contributed by atoms with Crippen LogP contribution in [0.5, 0.6) is 0 Å². The Hall–Kier alpha value is -1.69. The molecule has 0 spiro atoms. The summed E-state index contributed by atoms with van der Waals surface area (Å²) in [5.41, 5.74) is 0. The summed E-state index contributed by atoms with van der Waals surface area (Å²) < 4.78 is 0. The standard InChI is InChI=1S/C23H23BrP/c24-19-11-4-12-20-25(21-13-5-1-6-14-21,22-15-7-2-8-16-22)23-17-9-3-10-18-23/h1-3,5-11,13-19H,4,12,20H2/q+1/b19-11+. The van der Waals surface area contributed by atoms with Gasteiger partial charge in [-0.1, -0.05) is 76.6 Å². The van der Waals surface area contributed by atoms with Gasteiger partial charge in [-0.3, -0.25) is 0 Å². The van der Waals surface area contributed by atoms with Crippen LogP contribution in [-0.4, -0.2) is 6.16 Å². The molecule has 0 saturated heterocycles. The predicted octanol–water partition coefficient (Wildman–Crippen LogP) is 5.67. The topological polar surface area (TPSA) is 0 Å². The van der Waals surface area contributed by atoms with E-state index in [0.29, 0.717) is 0 Å². The minimum Gasteiger partial charge on any atom is -0.0775 e. The van der Waals surface area contributed by atoms with Crippen LogP contribution in [0.15, 0.2) is 102 Å². The number of rotatable bonds is 7. The first kappa shape index (κ1) is 18.1. The van der Waals surface area contributed by atoms with Crippen molar-refractivity contribution in [2.75, 3.05) is 6.16 Å². The minimum atomic E-state index is -1.64. The zero-order valence-electron chi connectivity index (χ0n) is 14.3. The molecule has 0 saturated carbocycles. The van der Waals surface area contributed by atoms with Crippen molar-refractivity contribution >= 4 is 39.1 Å². The highest BCUT2D eigenvalue weighted by atomic mass is 79.9. The van der Waals surface area contributed by atoms with Crippen molar-refractivity contribution in [1.29, 1.82) is 0 Å². The zero-order chi connectivity index (χ0) is 17.4. The highest BCUT2D eigenvalue weighted by Gasteiger charge is 2.44. The molecule has 0 fully saturated rings. The number of unbranched alkanes of at least 4 members (excludes halogenated alkanes) is 1. The van der Waals surface area contributed by atoms with Gasteiger partial charge in [0.2, 0.25) is 0 Å². The summed E-state index contributed by atoms with van der Waals surface area (Å²) in [5.74, 6) is 0. The Kier molecular flexibility index (Phi) is 6.62. The molecular formula is C23H23BrP+. The molecule has 2 heteroatoms. The second kappa shape index (κ2) is 9.13. The van der Waals surface area contributed by atoms with Crippen molar-refractivity contribution in [2.45, 2.75) is 12.8 Å². The SMILES string of the molecule is Br/C=C/CCC[P+](c1ccccc1)(c1ccccc1)c1ccccc1. The van der Waals surface area contributed by atoms with E-state index in [2.05, 4.69) is 113 Å². The Bertz CT molecular complexity index is 685. The lowest BCUT2D eigenvalue weighted by atomic mass is 10.3. The lowest BCUT2D eigenvalue weighted by Crippen LogP contribution is -2.33. The Morgan fingerprint density at radius 3 is 1.40 bits per heavy atom. The normalized spacial score (nSPS) is 11.7. The molecule has 126 valence electrons. The maximum atomic E-state index is 3.39. The van der Waals surface area contributed by atoms with Crippen LogP contribution in [0.3, 0.4) is 0 Å². The van der Waals surface area contributed by atoms with Gasteiger partial charge in [0.1, 0.15) is 23.2 Å². The molecule has 3 aromatic rings. The molecule has 0 aromatic heterocycles. The molecule has 0 aliphatic heterocycles. The highest BCUT2D eigenvalue weighted by molar-refractivity contribution is 9.11. The first-order chi connectivity index (χ1) is 12.4. The molecule has 0 aliphatic rings. The number of hydrogen-bond donors (Lipinski definition) is 0. The smallest absolute Gasteiger partial charge is 0.0775 e. The molecule has 0 radical (unpaired) electrons. The summed E-state index contributed by atoms with van der Waals surface area (Å²) in [6.07, 6.45) is 5.66.